The van der Waals surface area contributed by atoms with E-state index < -0.39 is 50.8 Å². The summed E-state index contributed by atoms with van der Waals surface area (Å²) in [5, 5.41) is 9.09. The van der Waals surface area contributed by atoms with Crippen LogP contribution in [0.5, 0.6) is 5.75 Å². The number of piperidine rings is 1. The lowest BCUT2D eigenvalue weighted by atomic mass is 9.93. The fourth-order valence-electron chi connectivity index (χ4n) is 4.64. The van der Waals surface area contributed by atoms with E-state index in [1.54, 1.807) is 4.90 Å². The predicted octanol–water partition coefficient (Wildman–Crippen LogP) is 6.60. The Hall–Kier alpha value is -3.94. The van der Waals surface area contributed by atoms with Gasteiger partial charge in [-0.1, -0.05) is 12.1 Å². The maximum Gasteiger partial charge on any atom is 0.416 e. The highest BCUT2D eigenvalue weighted by atomic mass is 32.2. The molecule has 0 radical (unpaired) electrons. The molecule has 1 heterocycles. The van der Waals surface area contributed by atoms with E-state index in [4.69, 9.17) is 5.11 Å². The predicted molar refractivity (Wildman–Crippen MR) is 138 cm³/mol. The van der Waals surface area contributed by atoms with Crippen molar-refractivity contribution in [1.29, 1.82) is 0 Å². The van der Waals surface area contributed by atoms with Crippen LogP contribution in [0.3, 0.4) is 0 Å². The molecule has 0 unspecified atom stereocenters. The van der Waals surface area contributed by atoms with E-state index in [-0.39, 0.29) is 29.2 Å². The molecular weight excluding hydrogens is 578 g/mol. The van der Waals surface area contributed by atoms with Crippen molar-refractivity contribution in [2.24, 2.45) is 5.92 Å². The molecule has 2 N–H and O–H groups in total. The first kappa shape index (κ1) is 30.0. The van der Waals surface area contributed by atoms with Gasteiger partial charge >= 0.3 is 18.8 Å². The summed E-state index contributed by atoms with van der Waals surface area (Å²) in [6.45, 7) is -2.49. The number of nitrogens with one attached hydrogen (secondary N) is 1. The summed E-state index contributed by atoms with van der Waals surface area (Å²) >= 11 is 0. The number of alkyl halides is 5. The monoisotopic (exact) mass is 602 g/mol. The van der Waals surface area contributed by atoms with E-state index in [0.29, 0.717) is 37.7 Å². The standard InChI is InChI=1S/C27H24F6N2O5S/c28-20-11-18(12-21(15-20)40-26(29)30)17-4-5-24(35-8-6-16(7-9-35)10-25(36)37)23(13-17)34-41(38,39)22-3-1-2-19(14-22)27(31,32)33/h1-5,11-16,26,34H,6-10H2,(H,36,37). The third-order valence-corrected chi connectivity index (χ3v) is 7.92. The molecule has 0 saturated carbocycles. The fourth-order valence-corrected chi connectivity index (χ4v) is 5.75. The lowest BCUT2D eigenvalue weighted by Gasteiger charge is -2.34. The SMILES string of the molecule is O=C(O)CC1CCN(c2ccc(-c3cc(F)cc(OC(F)F)c3)cc2NS(=O)(=O)c2cccc(C(F)(F)F)c2)CC1. The number of hydrogen-bond acceptors (Lipinski definition) is 5. The van der Waals surface area contributed by atoms with Crippen molar-refractivity contribution >= 4 is 27.4 Å². The summed E-state index contributed by atoms with van der Waals surface area (Å²) in [7, 11) is -4.57. The van der Waals surface area contributed by atoms with Gasteiger partial charge in [0.2, 0.25) is 0 Å². The smallest absolute Gasteiger partial charge is 0.416 e. The van der Waals surface area contributed by atoms with E-state index in [0.717, 1.165) is 36.4 Å². The van der Waals surface area contributed by atoms with Gasteiger partial charge in [-0.05, 0) is 72.4 Å². The highest BCUT2D eigenvalue weighted by molar-refractivity contribution is 7.92. The molecule has 3 aromatic rings. The Balaban J connectivity index is 1.74. The number of anilines is 2. The van der Waals surface area contributed by atoms with Crippen molar-refractivity contribution in [1.82, 2.24) is 0 Å². The number of sulfonamides is 1. The first-order chi connectivity index (χ1) is 19.2. The zero-order chi connectivity index (χ0) is 29.9. The topological polar surface area (TPSA) is 95.9 Å². The van der Waals surface area contributed by atoms with Gasteiger partial charge in [0, 0.05) is 25.6 Å². The van der Waals surface area contributed by atoms with Crippen molar-refractivity contribution in [3.63, 3.8) is 0 Å². The minimum Gasteiger partial charge on any atom is -0.481 e. The van der Waals surface area contributed by atoms with Gasteiger partial charge in [0.1, 0.15) is 11.6 Å². The quantitative estimate of drug-likeness (QED) is 0.268. The molecular formula is C27H24F6N2O5S. The average molecular weight is 603 g/mol. The number of carboxylic acids is 1. The van der Waals surface area contributed by atoms with Crippen LogP contribution in [0.1, 0.15) is 24.8 Å². The number of aliphatic carboxylic acids is 1. The van der Waals surface area contributed by atoms with Crippen LogP contribution in [-0.4, -0.2) is 39.2 Å². The Morgan fingerprint density at radius 1 is 1.02 bits per heavy atom. The Kier molecular flexibility index (Phi) is 8.71. The van der Waals surface area contributed by atoms with Crippen LogP contribution in [0.25, 0.3) is 11.1 Å². The highest BCUT2D eigenvalue weighted by Gasteiger charge is 2.32. The van der Waals surface area contributed by atoms with Crippen LogP contribution in [0.4, 0.5) is 37.7 Å². The molecule has 0 bridgehead atoms. The molecule has 7 nitrogen and oxygen atoms in total. The molecule has 3 aromatic carbocycles. The van der Waals surface area contributed by atoms with Gasteiger partial charge in [0.25, 0.3) is 10.0 Å². The van der Waals surface area contributed by atoms with Crippen LogP contribution < -0.4 is 14.4 Å². The Morgan fingerprint density at radius 3 is 2.37 bits per heavy atom. The summed E-state index contributed by atoms with van der Waals surface area (Å²) in [6.07, 6.45) is -3.82. The molecule has 1 saturated heterocycles. The van der Waals surface area contributed by atoms with Crippen molar-refractivity contribution < 1.29 is 49.4 Å². The molecule has 14 heteroatoms. The molecule has 0 aliphatic carbocycles. The van der Waals surface area contributed by atoms with Gasteiger partial charge in [0.15, 0.2) is 0 Å². The lowest BCUT2D eigenvalue weighted by molar-refractivity contribution is -0.139. The van der Waals surface area contributed by atoms with Crippen molar-refractivity contribution in [2.75, 3.05) is 22.7 Å². The normalized spacial score (nSPS) is 14.8. The minimum absolute atomic E-state index is 0.0234. The van der Waals surface area contributed by atoms with E-state index in [9.17, 15) is 39.6 Å². The van der Waals surface area contributed by atoms with Crippen LogP contribution in [-0.2, 0) is 21.0 Å². The second-order valence-corrected chi connectivity index (χ2v) is 11.1. The number of nitrogens with zero attached hydrogens (tertiary/aromatic N) is 1. The molecule has 0 spiro atoms. The Labute approximate surface area is 231 Å². The zero-order valence-electron chi connectivity index (χ0n) is 21.2. The second kappa shape index (κ2) is 11.9. The van der Waals surface area contributed by atoms with Crippen LogP contribution >= 0.6 is 0 Å². The Morgan fingerprint density at radius 2 is 1.73 bits per heavy atom. The number of hydrogen-bond donors (Lipinski definition) is 2. The molecule has 0 aromatic heterocycles. The molecule has 1 aliphatic rings. The molecule has 4 rings (SSSR count). The third kappa shape index (κ3) is 7.63. The van der Waals surface area contributed by atoms with Gasteiger partial charge < -0.3 is 14.7 Å². The second-order valence-electron chi connectivity index (χ2n) is 9.45. The fraction of sp³-hybridized carbons (Fsp3) is 0.296. The van der Waals surface area contributed by atoms with Crippen LogP contribution in [0, 0.1) is 11.7 Å². The summed E-state index contributed by atoms with van der Waals surface area (Å²) in [5.41, 5.74) is -0.598. The van der Waals surface area contributed by atoms with Gasteiger partial charge in [-0.25, -0.2) is 12.8 Å². The van der Waals surface area contributed by atoms with E-state index >= 15 is 0 Å². The highest BCUT2D eigenvalue weighted by Crippen LogP contribution is 2.37. The van der Waals surface area contributed by atoms with Crippen LogP contribution in [0.15, 0.2) is 65.6 Å². The molecule has 220 valence electrons. The summed E-state index contributed by atoms with van der Waals surface area (Å²) < 4.78 is 112. The van der Waals surface area contributed by atoms with Crippen LogP contribution in [0.2, 0.25) is 0 Å². The zero-order valence-corrected chi connectivity index (χ0v) is 22.0. The third-order valence-electron chi connectivity index (χ3n) is 6.56. The average Bonchev–Trinajstić information content (AvgIpc) is 2.87. The largest absolute Gasteiger partial charge is 0.481 e. The molecule has 1 fully saturated rings. The molecule has 0 amide bonds. The van der Waals surface area contributed by atoms with E-state index in [1.165, 1.54) is 18.2 Å². The Bertz CT molecular complexity index is 1520. The number of rotatable bonds is 9. The van der Waals surface area contributed by atoms with Gasteiger partial charge in [0.05, 0.1) is 21.8 Å². The molecule has 0 atom stereocenters. The number of ether oxygens (including phenoxy) is 1. The number of carboxylic acid groups (broad SMARTS) is 1. The van der Waals surface area contributed by atoms with Gasteiger partial charge in [-0.2, -0.15) is 22.0 Å². The van der Waals surface area contributed by atoms with Crippen molar-refractivity contribution in [3.05, 3.63) is 72.0 Å². The summed E-state index contributed by atoms with van der Waals surface area (Å²) in [4.78, 5) is 12.2. The molecule has 41 heavy (non-hydrogen) atoms. The number of carbonyl (C=O) groups is 1. The van der Waals surface area contributed by atoms with E-state index in [2.05, 4.69) is 9.46 Å². The lowest BCUT2D eigenvalue weighted by Crippen LogP contribution is -2.35. The van der Waals surface area contributed by atoms with Gasteiger partial charge in [-0.15, -0.1) is 0 Å². The van der Waals surface area contributed by atoms with Crippen molar-refractivity contribution in [2.45, 2.75) is 36.9 Å². The van der Waals surface area contributed by atoms with Gasteiger partial charge in [-0.3, -0.25) is 9.52 Å². The maximum absolute atomic E-state index is 14.2. The first-order valence-corrected chi connectivity index (χ1v) is 13.8. The summed E-state index contributed by atoms with van der Waals surface area (Å²) in [5.74, 6) is -2.39. The maximum atomic E-state index is 14.2. The molecule has 1 aliphatic heterocycles. The minimum atomic E-state index is -4.79. The number of halogens is 6. The summed E-state index contributed by atoms with van der Waals surface area (Å²) in [6, 6.07) is 10.4. The number of benzene rings is 3. The van der Waals surface area contributed by atoms with E-state index in [1.807, 2.05) is 0 Å². The first-order valence-electron chi connectivity index (χ1n) is 12.3. The van der Waals surface area contributed by atoms with Crippen molar-refractivity contribution in [3.8, 4) is 16.9 Å².